The van der Waals surface area contributed by atoms with E-state index in [4.69, 9.17) is 9.47 Å². The first-order valence-corrected chi connectivity index (χ1v) is 4.83. The van der Waals surface area contributed by atoms with E-state index in [1.165, 1.54) is 0 Å². The Balaban J connectivity index is 2.37. The van der Waals surface area contributed by atoms with Crippen LogP contribution in [0.5, 0.6) is 11.5 Å². The minimum atomic E-state index is -0.278. The summed E-state index contributed by atoms with van der Waals surface area (Å²) in [6, 6.07) is 3.58. The third kappa shape index (κ3) is 1.68. The van der Waals surface area contributed by atoms with Gasteiger partial charge >= 0.3 is 0 Å². The molecular formula is C9H8BrNO3. The number of hydrogen-bond acceptors (Lipinski definition) is 3. The number of aryl methyl sites for hydroxylation is 1. The number of hydrogen-bond donors (Lipinski definition) is 1. The van der Waals surface area contributed by atoms with Crippen molar-refractivity contribution in [2.45, 2.75) is 6.92 Å². The van der Waals surface area contributed by atoms with Crippen molar-refractivity contribution in [1.82, 2.24) is 0 Å². The highest BCUT2D eigenvalue weighted by Crippen LogP contribution is 2.36. The van der Waals surface area contributed by atoms with E-state index in [1.807, 2.05) is 13.0 Å². The molecule has 4 nitrogen and oxygen atoms in total. The van der Waals surface area contributed by atoms with E-state index in [0.29, 0.717) is 5.75 Å². The molecular weight excluding hydrogens is 250 g/mol. The molecule has 0 aromatic heterocycles. The predicted molar refractivity (Wildman–Crippen MR) is 55.2 cm³/mol. The number of amides is 1. The smallest absolute Gasteiger partial charge is 0.291 e. The van der Waals surface area contributed by atoms with Gasteiger partial charge in [-0.05, 0) is 18.6 Å². The highest BCUT2D eigenvalue weighted by atomic mass is 79.9. The SMILES string of the molecule is Cc1cc2c(cc1NC(=O)Br)OCO2. The lowest BCUT2D eigenvalue weighted by Crippen LogP contribution is -2.02. The normalized spacial score (nSPS) is 12.7. The summed E-state index contributed by atoms with van der Waals surface area (Å²) in [6.45, 7) is 2.13. The third-order valence-corrected chi connectivity index (χ3v) is 2.15. The van der Waals surface area contributed by atoms with Crippen molar-refractivity contribution >= 4 is 26.4 Å². The molecule has 1 aromatic carbocycles. The minimum absolute atomic E-state index is 0.237. The quantitative estimate of drug-likeness (QED) is 0.622. The van der Waals surface area contributed by atoms with Crippen LogP contribution < -0.4 is 14.8 Å². The first kappa shape index (κ1) is 9.33. The average molecular weight is 258 g/mol. The molecule has 14 heavy (non-hydrogen) atoms. The van der Waals surface area contributed by atoms with Crippen LogP contribution in [0.3, 0.4) is 0 Å². The van der Waals surface area contributed by atoms with Crippen LogP contribution in [0.25, 0.3) is 0 Å². The fourth-order valence-corrected chi connectivity index (χ4v) is 1.50. The van der Waals surface area contributed by atoms with Gasteiger partial charge in [0, 0.05) is 27.7 Å². The topological polar surface area (TPSA) is 47.6 Å². The van der Waals surface area contributed by atoms with Gasteiger partial charge in [0.1, 0.15) is 0 Å². The average Bonchev–Trinajstić information content (AvgIpc) is 2.51. The second kappa shape index (κ2) is 3.49. The van der Waals surface area contributed by atoms with Crippen LogP contribution in [-0.2, 0) is 0 Å². The van der Waals surface area contributed by atoms with Gasteiger partial charge in [-0.2, -0.15) is 0 Å². The Kier molecular flexibility index (Phi) is 2.33. The monoisotopic (exact) mass is 257 g/mol. The standard InChI is InChI=1S/C9H8BrNO3/c1-5-2-7-8(14-4-13-7)3-6(5)11-9(10)12/h2-3H,4H2,1H3,(H,11,12). The summed E-state index contributed by atoms with van der Waals surface area (Å²) >= 11 is 2.80. The summed E-state index contributed by atoms with van der Waals surface area (Å²) < 4.78 is 10.4. The number of carbonyl (C=O) groups excluding carboxylic acids is 1. The van der Waals surface area contributed by atoms with Crippen molar-refractivity contribution in [3.05, 3.63) is 17.7 Å². The van der Waals surface area contributed by atoms with Gasteiger partial charge in [0.15, 0.2) is 11.5 Å². The largest absolute Gasteiger partial charge is 0.454 e. The van der Waals surface area contributed by atoms with Gasteiger partial charge in [0.25, 0.3) is 4.82 Å². The summed E-state index contributed by atoms with van der Waals surface area (Å²) in [7, 11) is 0. The summed E-state index contributed by atoms with van der Waals surface area (Å²) in [6.07, 6.45) is 0. The Morgan fingerprint density at radius 1 is 1.43 bits per heavy atom. The molecule has 0 saturated carbocycles. The number of fused-ring (bicyclic) bond motifs is 1. The summed E-state index contributed by atoms with van der Waals surface area (Å²) in [4.78, 5) is 10.5. The van der Waals surface area contributed by atoms with Crippen LogP contribution in [0, 0.1) is 6.92 Å². The number of nitrogens with one attached hydrogen (secondary N) is 1. The van der Waals surface area contributed by atoms with Crippen LogP contribution in [0.1, 0.15) is 5.56 Å². The van der Waals surface area contributed by atoms with Gasteiger partial charge in [-0.15, -0.1) is 0 Å². The van der Waals surface area contributed by atoms with Gasteiger partial charge in [0.05, 0.1) is 0 Å². The predicted octanol–water partition coefficient (Wildman–Crippen LogP) is 2.65. The zero-order chi connectivity index (χ0) is 10.1. The molecule has 0 aliphatic carbocycles. The van der Waals surface area contributed by atoms with Gasteiger partial charge < -0.3 is 14.8 Å². The van der Waals surface area contributed by atoms with Gasteiger partial charge in [-0.25, -0.2) is 0 Å². The number of anilines is 1. The van der Waals surface area contributed by atoms with Crippen molar-refractivity contribution in [3.8, 4) is 11.5 Å². The molecule has 0 spiro atoms. The van der Waals surface area contributed by atoms with E-state index in [-0.39, 0.29) is 11.6 Å². The molecule has 1 aliphatic heterocycles. The van der Waals surface area contributed by atoms with Crippen molar-refractivity contribution in [3.63, 3.8) is 0 Å². The summed E-state index contributed by atoms with van der Waals surface area (Å²) in [5.74, 6) is 1.38. The fourth-order valence-electron chi connectivity index (χ4n) is 1.28. The number of rotatable bonds is 1. The fraction of sp³-hybridized carbons (Fsp3) is 0.222. The minimum Gasteiger partial charge on any atom is -0.454 e. The van der Waals surface area contributed by atoms with Crippen LogP contribution in [0.15, 0.2) is 12.1 Å². The molecule has 2 rings (SSSR count). The third-order valence-electron chi connectivity index (χ3n) is 1.95. The first-order chi connectivity index (χ1) is 6.66. The van der Waals surface area contributed by atoms with Crippen LogP contribution in [0.4, 0.5) is 10.5 Å². The van der Waals surface area contributed by atoms with E-state index < -0.39 is 0 Å². The Morgan fingerprint density at radius 3 is 2.71 bits per heavy atom. The molecule has 74 valence electrons. The maximum absolute atomic E-state index is 10.8. The lowest BCUT2D eigenvalue weighted by molar-refractivity contribution is 0.174. The highest BCUT2D eigenvalue weighted by molar-refractivity contribution is 9.18. The van der Waals surface area contributed by atoms with Crippen LogP contribution >= 0.6 is 15.9 Å². The highest BCUT2D eigenvalue weighted by Gasteiger charge is 2.15. The molecule has 0 radical (unpaired) electrons. The number of benzene rings is 1. The Morgan fingerprint density at radius 2 is 2.07 bits per heavy atom. The van der Waals surface area contributed by atoms with E-state index in [1.54, 1.807) is 6.07 Å². The van der Waals surface area contributed by atoms with Crippen molar-refractivity contribution < 1.29 is 14.3 Å². The van der Waals surface area contributed by atoms with Crippen molar-refractivity contribution in [1.29, 1.82) is 0 Å². The molecule has 5 heteroatoms. The van der Waals surface area contributed by atoms with E-state index in [2.05, 4.69) is 21.2 Å². The lowest BCUT2D eigenvalue weighted by Gasteiger charge is -2.06. The summed E-state index contributed by atoms with van der Waals surface area (Å²) in [5.41, 5.74) is 1.65. The second-order valence-corrected chi connectivity index (χ2v) is 3.64. The summed E-state index contributed by atoms with van der Waals surface area (Å²) in [5, 5.41) is 2.64. The molecule has 0 saturated heterocycles. The Hall–Kier alpha value is -1.23. The van der Waals surface area contributed by atoms with E-state index >= 15 is 0 Å². The molecule has 0 fully saturated rings. The van der Waals surface area contributed by atoms with Crippen LogP contribution in [-0.4, -0.2) is 11.6 Å². The van der Waals surface area contributed by atoms with Crippen molar-refractivity contribution in [2.24, 2.45) is 0 Å². The number of carbonyl (C=O) groups is 1. The maximum atomic E-state index is 10.8. The zero-order valence-electron chi connectivity index (χ0n) is 7.46. The van der Waals surface area contributed by atoms with Gasteiger partial charge in [0.2, 0.25) is 6.79 Å². The molecule has 1 amide bonds. The second-order valence-electron chi connectivity index (χ2n) is 2.92. The van der Waals surface area contributed by atoms with Gasteiger partial charge in [-0.3, -0.25) is 4.79 Å². The Bertz CT molecular complexity index is 392. The lowest BCUT2D eigenvalue weighted by atomic mass is 10.2. The zero-order valence-corrected chi connectivity index (χ0v) is 9.05. The molecule has 1 heterocycles. The molecule has 1 aromatic rings. The molecule has 1 N–H and O–H groups in total. The molecule has 0 unspecified atom stereocenters. The number of ether oxygens (including phenoxy) is 2. The van der Waals surface area contributed by atoms with E-state index in [0.717, 1.165) is 17.0 Å². The number of halogens is 1. The van der Waals surface area contributed by atoms with Crippen LogP contribution in [0.2, 0.25) is 0 Å². The maximum Gasteiger partial charge on any atom is 0.291 e. The molecule has 0 bridgehead atoms. The Labute approximate surface area is 89.3 Å². The first-order valence-electron chi connectivity index (χ1n) is 4.03. The molecule has 0 atom stereocenters. The van der Waals surface area contributed by atoms with E-state index in [9.17, 15) is 4.79 Å². The van der Waals surface area contributed by atoms with Crippen molar-refractivity contribution in [2.75, 3.05) is 12.1 Å². The van der Waals surface area contributed by atoms with Gasteiger partial charge in [-0.1, -0.05) is 0 Å². The molecule has 1 aliphatic rings.